The molecule has 0 aliphatic rings. The minimum Gasteiger partial charge on any atom is -0.452 e. The van der Waals surface area contributed by atoms with E-state index in [0.29, 0.717) is 5.56 Å². The number of nitrogens with one attached hydrogen (secondary N) is 1. The molecule has 0 radical (unpaired) electrons. The van der Waals surface area contributed by atoms with Crippen molar-refractivity contribution in [3.63, 3.8) is 0 Å². The molecule has 0 aliphatic heterocycles. The smallest absolute Gasteiger partial charge is 0.269 e. The van der Waals surface area contributed by atoms with Crippen LogP contribution in [0.25, 0.3) is 0 Å². The number of hydrogen-bond donors (Lipinski definition) is 1. The van der Waals surface area contributed by atoms with E-state index in [2.05, 4.69) is 5.32 Å². The second kappa shape index (κ2) is 5.75. The Morgan fingerprint density at radius 3 is 2.80 bits per heavy atom. The molecule has 1 atom stereocenters. The lowest BCUT2D eigenvalue weighted by Gasteiger charge is -2.13. The molecule has 1 heterocycles. The summed E-state index contributed by atoms with van der Waals surface area (Å²) >= 11 is 5.71. The first kappa shape index (κ1) is 14.1. The Labute approximate surface area is 119 Å². The normalized spacial score (nSPS) is 11.9. The van der Waals surface area contributed by atoms with Gasteiger partial charge in [0, 0.05) is 12.1 Å². The van der Waals surface area contributed by atoms with Crippen molar-refractivity contribution in [2.45, 2.75) is 13.0 Å². The Morgan fingerprint density at radius 2 is 2.20 bits per heavy atom. The van der Waals surface area contributed by atoms with Crippen LogP contribution in [0.2, 0.25) is 5.22 Å². The van der Waals surface area contributed by atoms with Crippen molar-refractivity contribution in [3.8, 4) is 0 Å². The predicted molar refractivity (Wildman–Crippen MR) is 72.7 cm³/mol. The van der Waals surface area contributed by atoms with Crippen molar-refractivity contribution in [1.82, 2.24) is 5.32 Å². The van der Waals surface area contributed by atoms with Gasteiger partial charge in [-0.25, -0.2) is 0 Å². The van der Waals surface area contributed by atoms with Crippen LogP contribution in [0, 0.1) is 10.1 Å². The van der Waals surface area contributed by atoms with Crippen LogP contribution in [-0.4, -0.2) is 10.8 Å². The van der Waals surface area contributed by atoms with Gasteiger partial charge in [-0.15, -0.1) is 0 Å². The van der Waals surface area contributed by atoms with Gasteiger partial charge in [0.2, 0.25) is 5.22 Å². The van der Waals surface area contributed by atoms with Gasteiger partial charge in [-0.2, -0.15) is 0 Å². The van der Waals surface area contributed by atoms with E-state index >= 15 is 0 Å². The molecule has 20 heavy (non-hydrogen) atoms. The van der Waals surface area contributed by atoms with Crippen LogP contribution in [0.4, 0.5) is 5.69 Å². The molecule has 0 bridgehead atoms. The van der Waals surface area contributed by atoms with E-state index in [0.717, 1.165) is 0 Å². The first-order chi connectivity index (χ1) is 9.49. The van der Waals surface area contributed by atoms with Gasteiger partial charge in [0.05, 0.1) is 22.8 Å². The van der Waals surface area contributed by atoms with Crippen LogP contribution in [0.5, 0.6) is 0 Å². The average Bonchev–Trinajstić information content (AvgIpc) is 2.85. The lowest BCUT2D eigenvalue weighted by molar-refractivity contribution is -0.384. The summed E-state index contributed by atoms with van der Waals surface area (Å²) < 4.78 is 4.84. The molecule has 1 aromatic carbocycles. The summed E-state index contributed by atoms with van der Waals surface area (Å²) in [6, 6.07) is 7.15. The third-order valence-electron chi connectivity index (χ3n) is 2.79. The van der Waals surface area contributed by atoms with Gasteiger partial charge >= 0.3 is 0 Å². The van der Waals surface area contributed by atoms with Crippen LogP contribution in [-0.2, 0) is 0 Å². The summed E-state index contributed by atoms with van der Waals surface area (Å²) in [6.07, 6.45) is 1.31. The van der Waals surface area contributed by atoms with Crippen LogP contribution in [0.1, 0.15) is 28.9 Å². The number of halogens is 1. The fourth-order valence-electron chi connectivity index (χ4n) is 1.72. The summed E-state index contributed by atoms with van der Waals surface area (Å²) in [5.41, 5.74) is 0.834. The summed E-state index contributed by atoms with van der Waals surface area (Å²) in [4.78, 5) is 22.2. The van der Waals surface area contributed by atoms with Gasteiger partial charge < -0.3 is 9.73 Å². The molecule has 2 aromatic rings. The third kappa shape index (κ3) is 2.97. The van der Waals surface area contributed by atoms with Crippen molar-refractivity contribution >= 4 is 23.2 Å². The zero-order chi connectivity index (χ0) is 14.7. The van der Waals surface area contributed by atoms with E-state index in [4.69, 9.17) is 16.0 Å². The number of nitrogens with zero attached hydrogens (tertiary/aromatic N) is 1. The Bertz CT molecular complexity index is 653. The molecule has 2 rings (SSSR count). The van der Waals surface area contributed by atoms with Crippen molar-refractivity contribution in [2.24, 2.45) is 0 Å². The molecule has 0 saturated heterocycles. The lowest BCUT2D eigenvalue weighted by Crippen LogP contribution is -2.26. The van der Waals surface area contributed by atoms with Gasteiger partial charge in [0.1, 0.15) is 0 Å². The monoisotopic (exact) mass is 294 g/mol. The van der Waals surface area contributed by atoms with Gasteiger partial charge in [-0.05, 0) is 30.2 Å². The molecule has 1 N–H and O–H groups in total. The molecule has 1 amide bonds. The van der Waals surface area contributed by atoms with Crippen LogP contribution in [0.3, 0.4) is 0 Å². The molecule has 0 saturated carbocycles. The van der Waals surface area contributed by atoms with Gasteiger partial charge in [-0.3, -0.25) is 14.9 Å². The van der Waals surface area contributed by atoms with Crippen LogP contribution >= 0.6 is 11.6 Å². The zero-order valence-electron chi connectivity index (χ0n) is 10.5. The number of benzene rings is 1. The van der Waals surface area contributed by atoms with Crippen molar-refractivity contribution in [3.05, 3.63) is 63.1 Å². The fraction of sp³-hybridized carbons (Fsp3) is 0.154. The first-order valence-corrected chi connectivity index (χ1v) is 6.15. The molecule has 104 valence electrons. The minimum absolute atomic E-state index is 0.00809. The molecule has 1 unspecified atom stereocenters. The standard InChI is InChI=1S/C13H11ClN2O4/c1-8(9-3-2-4-10(7-9)16(18)19)15-13(17)11-5-6-20-12(11)14/h2-8H,1H3,(H,15,17). The molecule has 7 heteroatoms. The Kier molecular flexibility index (Phi) is 4.05. The number of carbonyl (C=O) groups excluding carboxylic acids is 1. The van der Waals surface area contributed by atoms with E-state index < -0.39 is 16.9 Å². The number of rotatable bonds is 4. The minimum atomic E-state index is -0.481. The second-order valence-corrected chi connectivity index (χ2v) is 4.50. The number of furan rings is 1. The molecule has 0 fully saturated rings. The Balaban J connectivity index is 2.14. The molecule has 0 spiro atoms. The molecule has 6 nitrogen and oxygen atoms in total. The molecule has 1 aromatic heterocycles. The first-order valence-electron chi connectivity index (χ1n) is 5.77. The number of nitro groups is 1. The van der Waals surface area contributed by atoms with Crippen molar-refractivity contribution in [2.75, 3.05) is 0 Å². The average molecular weight is 295 g/mol. The largest absolute Gasteiger partial charge is 0.452 e. The summed E-state index contributed by atoms with van der Waals surface area (Å²) in [5.74, 6) is -0.400. The molecule has 0 aliphatic carbocycles. The topological polar surface area (TPSA) is 85.4 Å². The lowest BCUT2D eigenvalue weighted by atomic mass is 10.1. The van der Waals surface area contributed by atoms with Crippen LogP contribution in [0.15, 0.2) is 41.0 Å². The van der Waals surface area contributed by atoms with E-state index in [1.165, 1.54) is 24.5 Å². The van der Waals surface area contributed by atoms with E-state index in [9.17, 15) is 14.9 Å². The maximum atomic E-state index is 11.9. The van der Waals surface area contributed by atoms with Gasteiger partial charge in [-0.1, -0.05) is 12.1 Å². The van der Waals surface area contributed by atoms with E-state index in [1.807, 2.05) is 0 Å². The fourth-order valence-corrected chi connectivity index (χ4v) is 1.92. The highest BCUT2D eigenvalue weighted by Crippen LogP contribution is 2.21. The quantitative estimate of drug-likeness (QED) is 0.692. The summed E-state index contributed by atoms with van der Waals surface area (Å²) in [6.45, 7) is 1.73. The van der Waals surface area contributed by atoms with Crippen molar-refractivity contribution in [1.29, 1.82) is 0 Å². The van der Waals surface area contributed by atoms with E-state index in [-0.39, 0.29) is 16.5 Å². The maximum Gasteiger partial charge on any atom is 0.269 e. The Hall–Kier alpha value is -2.34. The zero-order valence-corrected chi connectivity index (χ0v) is 11.3. The SMILES string of the molecule is CC(NC(=O)c1ccoc1Cl)c1cccc([N+](=O)[O-])c1. The summed E-state index contributed by atoms with van der Waals surface area (Å²) in [5, 5.41) is 13.4. The molecular weight excluding hydrogens is 284 g/mol. The number of amides is 1. The number of carbonyl (C=O) groups is 1. The number of non-ortho nitro benzene ring substituents is 1. The predicted octanol–water partition coefficient (Wildman–Crippen LogP) is 3.33. The maximum absolute atomic E-state index is 11.9. The number of nitro benzene ring substituents is 1. The van der Waals surface area contributed by atoms with Gasteiger partial charge in [0.15, 0.2) is 0 Å². The van der Waals surface area contributed by atoms with Crippen LogP contribution < -0.4 is 5.32 Å². The third-order valence-corrected chi connectivity index (χ3v) is 3.08. The Morgan fingerprint density at radius 1 is 1.45 bits per heavy atom. The highest BCUT2D eigenvalue weighted by Gasteiger charge is 2.17. The summed E-state index contributed by atoms with van der Waals surface area (Å²) in [7, 11) is 0. The highest BCUT2D eigenvalue weighted by atomic mass is 35.5. The van der Waals surface area contributed by atoms with Gasteiger partial charge in [0.25, 0.3) is 11.6 Å². The number of hydrogen-bond acceptors (Lipinski definition) is 4. The van der Waals surface area contributed by atoms with E-state index in [1.54, 1.807) is 19.1 Å². The van der Waals surface area contributed by atoms with Crippen molar-refractivity contribution < 1.29 is 14.1 Å². The molecular formula is C13H11ClN2O4. The highest BCUT2D eigenvalue weighted by molar-refractivity contribution is 6.32. The second-order valence-electron chi connectivity index (χ2n) is 4.16.